The quantitative estimate of drug-likeness (QED) is 0.570. The van der Waals surface area contributed by atoms with E-state index in [1.165, 1.54) is 12.8 Å². The lowest BCUT2D eigenvalue weighted by Gasteiger charge is -2.23. The van der Waals surface area contributed by atoms with Crippen molar-refractivity contribution in [1.82, 2.24) is 10.3 Å². The Kier molecular flexibility index (Phi) is 7.21. The maximum Gasteiger partial charge on any atom is 0.272 e. The lowest BCUT2D eigenvalue weighted by Crippen LogP contribution is -2.48. The van der Waals surface area contributed by atoms with Crippen molar-refractivity contribution in [2.45, 2.75) is 65.0 Å². The molecule has 4 rings (SSSR count). The highest BCUT2D eigenvalue weighted by molar-refractivity contribution is 6.19. The Morgan fingerprint density at radius 2 is 1.97 bits per heavy atom. The first-order chi connectivity index (χ1) is 16.0. The van der Waals surface area contributed by atoms with Crippen LogP contribution in [0.15, 0.2) is 47.6 Å². The van der Waals surface area contributed by atoms with Crippen LogP contribution in [0, 0.1) is 18.8 Å². The number of unbranched alkanes of at least 4 members (excludes halogenated alkanes) is 2. The van der Waals surface area contributed by atoms with Crippen molar-refractivity contribution in [1.29, 1.82) is 0 Å². The third-order valence-corrected chi connectivity index (χ3v) is 6.62. The standard InChI is InChI=1S/C27H34N4O2/c1-4-5-6-9-20(16-19-13-14-19)26(32)30-25-27(33)31(3)23-11-8-7-10-21(23)24(29-25)22-15-12-18(2)17-28-22/h7-8,10-12,15,17,19-20,25H,4-6,9,13-14,16H2,1-3H3,(H,30,32)/t20-,25+/m0/s1. The van der Waals surface area contributed by atoms with E-state index in [9.17, 15) is 9.59 Å². The van der Waals surface area contributed by atoms with E-state index in [0.717, 1.165) is 48.9 Å². The van der Waals surface area contributed by atoms with Gasteiger partial charge >= 0.3 is 0 Å². The number of aromatic nitrogens is 1. The Bertz CT molecular complexity index is 1030. The van der Waals surface area contributed by atoms with Crippen LogP contribution in [0.2, 0.25) is 0 Å². The molecule has 0 saturated heterocycles. The summed E-state index contributed by atoms with van der Waals surface area (Å²) in [5.74, 6) is 0.284. The number of hydrogen-bond donors (Lipinski definition) is 1. The number of likely N-dealkylation sites (N-methyl/N-ethyl adjacent to an activating group) is 1. The second-order valence-electron chi connectivity index (χ2n) is 9.40. The maximum atomic E-state index is 13.4. The van der Waals surface area contributed by atoms with E-state index < -0.39 is 6.17 Å². The van der Waals surface area contributed by atoms with E-state index in [2.05, 4.69) is 17.2 Å². The Balaban J connectivity index is 1.64. The number of nitrogens with one attached hydrogen (secondary N) is 1. The first-order valence-electron chi connectivity index (χ1n) is 12.2. The molecule has 0 radical (unpaired) electrons. The predicted octanol–water partition coefficient (Wildman–Crippen LogP) is 4.64. The van der Waals surface area contributed by atoms with Crippen molar-refractivity contribution in [3.63, 3.8) is 0 Å². The summed E-state index contributed by atoms with van der Waals surface area (Å²) >= 11 is 0. The number of anilines is 1. The van der Waals surface area contributed by atoms with Gasteiger partial charge in [0.2, 0.25) is 12.1 Å². The summed E-state index contributed by atoms with van der Waals surface area (Å²) in [6, 6.07) is 11.6. The lowest BCUT2D eigenvalue weighted by atomic mass is 9.94. The van der Waals surface area contributed by atoms with E-state index in [4.69, 9.17) is 4.99 Å². The van der Waals surface area contributed by atoms with Gasteiger partial charge in [-0.05, 0) is 43.4 Å². The number of aryl methyl sites for hydroxylation is 1. The Hall–Kier alpha value is -3.02. The number of aliphatic imine (C=N–C) groups is 1. The molecule has 0 spiro atoms. The number of benzodiazepines with no additional fused rings is 1. The molecular formula is C27H34N4O2. The van der Waals surface area contributed by atoms with Crippen LogP contribution >= 0.6 is 0 Å². The minimum absolute atomic E-state index is 0.0596. The van der Waals surface area contributed by atoms with Gasteiger partial charge in [-0.25, -0.2) is 4.99 Å². The number of carbonyl (C=O) groups excluding carboxylic acids is 2. The second-order valence-corrected chi connectivity index (χ2v) is 9.40. The molecule has 1 N–H and O–H groups in total. The fourth-order valence-electron chi connectivity index (χ4n) is 4.43. The number of nitrogens with zero attached hydrogens (tertiary/aromatic N) is 3. The van der Waals surface area contributed by atoms with Crippen LogP contribution in [-0.2, 0) is 9.59 Å². The number of hydrogen-bond acceptors (Lipinski definition) is 4. The highest BCUT2D eigenvalue weighted by Gasteiger charge is 2.34. The molecule has 0 bridgehead atoms. The number of rotatable bonds is 9. The van der Waals surface area contributed by atoms with Gasteiger partial charge in [0.25, 0.3) is 5.91 Å². The first kappa shape index (κ1) is 23.1. The topological polar surface area (TPSA) is 74.7 Å². The summed E-state index contributed by atoms with van der Waals surface area (Å²) in [6.07, 6.45) is 8.29. The van der Waals surface area contributed by atoms with Crippen molar-refractivity contribution >= 4 is 23.2 Å². The van der Waals surface area contributed by atoms with Gasteiger partial charge in [-0.15, -0.1) is 0 Å². The highest BCUT2D eigenvalue weighted by Crippen LogP contribution is 2.37. The monoisotopic (exact) mass is 446 g/mol. The molecule has 1 saturated carbocycles. The van der Waals surface area contributed by atoms with Crippen molar-refractivity contribution in [2.75, 3.05) is 11.9 Å². The van der Waals surface area contributed by atoms with Crippen LogP contribution < -0.4 is 10.2 Å². The molecule has 1 aliphatic heterocycles. The van der Waals surface area contributed by atoms with Gasteiger partial charge < -0.3 is 10.2 Å². The van der Waals surface area contributed by atoms with Gasteiger partial charge in [-0.3, -0.25) is 14.6 Å². The molecule has 2 atom stereocenters. The summed E-state index contributed by atoms with van der Waals surface area (Å²) in [6.45, 7) is 4.15. The Labute approximate surface area is 196 Å². The number of carbonyl (C=O) groups is 2. The minimum Gasteiger partial charge on any atom is -0.326 e. The van der Waals surface area contributed by atoms with Crippen LogP contribution in [0.4, 0.5) is 5.69 Å². The molecule has 2 amide bonds. The lowest BCUT2D eigenvalue weighted by molar-refractivity contribution is -0.130. The molecule has 2 aliphatic rings. The van der Waals surface area contributed by atoms with E-state index in [-0.39, 0.29) is 17.7 Å². The molecule has 2 heterocycles. The van der Waals surface area contributed by atoms with E-state index in [0.29, 0.717) is 17.3 Å². The Morgan fingerprint density at radius 1 is 1.18 bits per heavy atom. The molecule has 174 valence electrons. The zero-order valence-electron chi connectivity index (χ0n) is 19.9. The van der Waals surface area contributed by atoms with Gasteiger partial charge in [-0.1, -0.05) is 63.3 Å². The molecule has 33 heavy (non-hydrogen) atoms. The van der Waals surface area contributed by atoms with Gasteiger partial charge in [0.1, 0.15) is 0 Å². The largest absolute Gasteiger partial charge is 0.326 e. The highest BCUT2D eigenvalue weighted by atomic mass is 16.2. The minimum atomic E-state index is -0.971. The van der Waals surface area contributed by atoms with Crippen LogP contribution in [-0.4, -0.2) is 35.7 Å². The average Bonchev–Trinajstić information content (AvgIpc) is 3.65. The van der Waals surface area contributed by atoms with E-state index >= 15 is 0 Å². The number of amides is 2. The number of pyridine rings is 1. The molecule has 2 aromatic rings. The van der Waals surface area contributed by atoms with Gasteiger partial charge in [0.05, 0.1) is 17.1 Å². The zero-order valence-corrected chi connectivity index (χ0v) is 19.9. The van der Waals surface area contributed by atoms with E-state index in [1.807, 2.05) is 43.3 Å². The second kappa shape index (κ2) is 10.3. The van der Waals surface area contributed by atoms with Crippen LogP contribution in [0.1, 0.15) is 68.7 Å². The molecule has 1 aromatic heterocycles. The van der Waals surface area contributed by atoms with Crippen LogP contribution in [0.5, 0.6) is 0 Å². The van der Waals surface area contributed by atoms with Crippen LogP contribution in [0.25, 0.3) is 0 Å². The van der Waals surface area contributed by atoms with Crippen molar-refractivity contribution < 1.29 is 9.59 Å². The molecular weight excluding hydrogens is 412 g/mol. The smallest absolute Gasteiger partial charge is 0.272 e. The van der Waals surface area contributed by atoms with Gasteiger partial charge in [0, 0.05) is 24.7 Å². The number of fused-ring (bicyclic) bond motifs is 1. The summed E-state index contributed by atoms with van der Waals surface area (Å²) in [4.78, 5) is 37.7. The molecule has 6 heteroatoms. The fraction of sp³-hybridized carbons (Fsp3) is 0.481. The van der Waals surface area contributed by atoms with Gasteiger partial charge in [-0.2, -0.15) is 0 Å². The third kappa shape index (κ3) is 5.49. The zero-order chi connectivity index (χ0) is 23.4. The van der Waals surface area contributed by atoms with Crippen LogP contribution in [0.3, 0.4) is 0 Å². The van der Waals surface area contributed by atoms with Crippen molar-refractivity contribution in [2.24, 2.45) is 16.8 Å². The van der Waals surface area contributed by atoms with Gasteiger partial charge in [0.15, 0.2) is 0 Å². The van der Waals surface area contributed by atoms with Crippen molar-refractivity contribution in [3.8, 4) is 0 Å². The van der Waals surface area contributed by atoms with Crippen molar-refractivity contribution in [3.05, 3.63) is 59.4 Å². The summed E-state index contributed by atoms with van der Waals surface area (Å²) in [7, 11) is 1.74. The average molecular weight is 447 g/mol. The molecule has 0 unspecified atom stereocenters. The number of para-hydroxylation sites is 1. The molecule has 1 aliphatic carbocycles. The molecule has 1 aromatic carbocycles. The molecule has 1 fully saturated rings. The normalized spacial score (nSPS) is 18.9. The summed E-state index contributed by atoms with van der Waals surface area (Å²) in [5.41, 5.74) is 3.96. The molecule has 6 nitrogen and oxygen atoms in total. The summed E-state index contributed by atoms with van der Waals surface area (Å²) < 4.78 is 0. The first-order valence-corrected chi connectivity index (χ1v) is 12.2. The fourth-order valence-corrected chi connectivity index (χ4v) is 4.43. The van der Waals surface area contributed by atoms with E-state index in [1.54, 1.807) is 18.1 Å². The summed E-state index contributed by atoms with van der Waals surface area (Å²) in [5, 5.41) is 3.00. The predicted molar refractivity (Wildman–Crippen MR) is 131 cm³/mol. The maximum absolute atomic E-state index is 13.4. The third-order valence-electron chi connectivity index (χ3n) is 6.62. The Morgan fingerprint density at radius 3 is 2.67 bits per heavy atom. The SMILES string of the molecule is CCCCC[C@@H](CC1CC1)C(=O)N[C@H]1N=C(c2ccc(C)cn2)c2ccccc2N(C)C1=O. The number of benzene rings is 1.